The Bertz CT molecular complexity index is 1040. The van der Waals surface area contributed by atoms with E-state index in [1.165, 1.54) is 12.4 Å². The highest BCUT2D eigenvalue weighted by Gasteiger charge is 2.23. The molecule has 0 atom stereocenters. The van der Waals surface area contributed by atoms with Crippen molar-refractivity contribution in [2.45, 2.75) is 25.2 Å². The van der Waals surface area contributed by atoms with E-state index in [2.05, 4.69) is 20.9 Å². The molecule has 124 valence electrons. The first-order valence-corrected chi connectivity index (χ1v) is 9.60. The fourth-order valence-corrected chi connectivity index (χ4v) is 4.19. The standard InChI is InChI=1S/C17H15BrN2O3S/c1-3-16(21)14-10-20(15-9-19-17(18)8-13(14)15)24(22,23)12-6-4-11(2)5-7-12/h4-10H,3H2,1-2H3. The lowest BCUT2D eigenvalue weighted by atomic mass is 10.1. The zero-order chi connectivity index (χ0) is 17.5. The van der Waals surface area contributed by atoms with Gasteiger partial charge >= 0.3 is 0 Å². The van der Waals surface area contributed by atoms with Gasteiger partial charge in [-0.25, -0.2) is 17.4 Å². The number of aromatic nitrogens is 2. The summed E-state index contributed by atoms with van der Waals surface area (Å²) in [5, 5.41) is 0.569. The summed E-state index contributed by atoms with van der Waals surface area (Å²) in [4.78, 5) is 16.5. The lowest BCUT2D eigenvalue weighted by Gasteiger charge is -2.07. The smallest absolute Gasteiger partial charge is 0.268 e. The highest BCUT2D eigenvalue weighted by Crippen LogP contribution is 2.28. The average molecular weight is 407 g/mol. The molecule has 0 N–H and O–H groups in total. The molecule has 0 aliphatic rings. The SMILES string of the molecule is CCC(=O)c1cn(S(=O)(=O)c2ccc(C)cc2)c2cnc(Br)cc12. The maximum Gasteiger partial charge on any atom is 0.268 e. The van der Waals surface area contributed by atoms with Crippen LogP contribution in [0.1, 0.15) is 29.3 Å². The van der Waals surface area contributed by atoms with Gasteiger partial charge in [0, 0.05) is 23.6 Å². The van der Waals surface area contributed by atoms with Crippen molar-refractivity contribution in [3.63, 3.8) is 0 Å². The average Bonchev–Trinajstić information content (AvgIpc) is 2.94. The quantitative estimate of drug-likeness (QED) is 0.485. The van der Waals surface area contributed by atoms with E-state index in [1.54, 1.807) is 37.3 Å². The molecular formula is C17H15BrN2O3S. The number of nitrogens with zero attached hydrogens (tertiary/aromatic N) is 2. The van der Waals surface area contributed by atoms with E-state index in [0.717, 1.165) is 9.54 Å². The number of carbonyl (C=O) groups excluding carboxylic acids is 1. The summed E-state index contributed by atoms with van der Waals surface area (Å²) in [5.74, 6) is -0.115. The Morgan fingerprint density at radius 1 is 1.25 bits per heavy atom. The van der Waals surface area contributed by atoms with Crippen molar-refractivity contribution in [1.29, 1.82) is 0 Å². The number of pyridine rings is 1. The Morgan fingerprint density at radius 3 is 2.54 bits per heavy atom. The topological polar surface area (TPSA) is 69.0 Å². The van der Waals surface area contributed by atoms with Crippen molar-refractivity contribution in [2.24, 2.45) is 0 Å². The van der Waals surface area contributed by atoms with Gasteiger partial charge in [-0.3, -0.25) is 4.79 Å². The first-order chi connectivity index (χ1) is 11.3. The molecule has 0 saturated carbocycles. The third kappa shape index (κ3) is 2.78. The second-order valence-corrected chi connectivity index (χ2v) is 8.09. The molecule has 3 aromatic rings. The molecule has 7 heteroatoms. The lowest BCUT2D eigenvalue weighted by molar-refractivity contribution is 0.0989. The summed E-state index contributed by atoms with van der Waals surface area (Å²) in [6.45, 7) is 3.64. The molecule has 0 aliphatic heterocycles. The van der Waals surface area contributed by atoms with Crippen molar-refractivity contribution >= 4 is 42.6 Å². The number of benzene rings is 1. The molecular weight excluding hydrogens is 392 g/mol. The third-order valence-corrected chi connectivity index (χ3v) is 5.94. The van der Waals surface area contributed by atoms with Gasteiger partial charge in [-0.1, -0.05) is 24.6 Å². The van der Waals surface area contributed by atoms with Crippen molar-refractivity contribution in [2.75, 3.05) is 0 Å². The van der Waals surface area contributed by atoms with Crippen LogP contribution in [0.3, 0.4) is 0 Å². The second kappa shape index (κ2) is 6.14. The van der Waals surface area contributed by atoms with E-state index in [-0.39, 0.29) is 10.7 Å². The van der Waals surface area contributed by atoms with Gasteiger partial charge in [0.05, 0.1) is 16.6 Å². The maximum atomic E-state index is 13.0. The summed E-state index contributed by atoms with van der Waals surface area (Å²) in [6, 6.07) is 8.27. The van der Waals surface area contributed by atoms with Crippen molar-refractivity contribution < 1.29 is 13.2 Å². The molecule has 0 bridgehead atoms. The second-order valence-electron chi connectivity index (χ2n) is 5.46. The first kappa shape index (κ1) is 16.9. The van der Waals surface area contributed by atoms with Gasteiger partial charge in [-0.05, 0) is 41.1 Å². The molecule has 24 heavy (non-hydrogen) atoms. The number of halogens is 1. The molecule has 3 rings (SSSR count). The molecule has 0 saturated heterocycles. The predicted octanol–water partition coefficient (Wildman–Crippen LogP) is 3.94. The van der Waals surface area contributed by atoms with Crippen LogP contribution in [-0.4, -0.2) is 23.2 Å². The normalized spacial score (nSPS) is 11.8. The van der Waals surface area contributed by atoms with Crippen molar-refractivity contribution in [3.8, 4) is 0 Å². The van der Waals surface area contributed by atoms with Gasteiger partial charge < -0.3 is 0 Å². The van der Waals surface area contributed by atoms with E-state index >= 15 is 0 Å². The Hall–Kier alpha value is -1.99. The molecule has 0 aliphatic carbocycles. The van der Waals surface area contributed by atoms with Crippen LogP contribution < -0.4 is 0 Å². The number of Topliss-reactive ketones (excluding diaryl/α,β-unsaturated/α-hetero) is 1. The van der Waals surface area contributed by atoms with Crippen LogP contribution >= 0.6 is 15.9 Å². The minimum absolute atomic E-state index is 0.115. The van der Waals surface area contributed by atoms with Crippen LogP contribution in [0, 0.1) is 6.92 Å². The molecule has 5 nitrogen and oxygen atoms in total. The minimum Gasteiger partial charge on any atom is -0.294 e. The molecule has 0 unspecified atom stereocenters. The summed E-state index contributed by atoms with van der Waals surface area (Å²) >= 11 is 3.27. The fraction of sp³-hybridized carbons (Fsp3) is 0.176. The zero-order valence-corrected chi connectivity index (χ0v) is 15.6. The summed E-state index contributed by atoms with van der Waals surface area (Å²) < 4.78 is 27.6. The van der Waals surface area contributed by atoms with Crippen LogP contribution in [0.4, 0.5) is 0 Å². The van der Waals surface area contributed by atoms with Crippen LogP contribution in [0.2, 0.25) is 0 Å². The zero-order valence-electron chi connectivity index (χ0n) is 13.2. The van der Waals surface area contributed by atoms with E-state index < -0.39 is 10.0 Å². The molecule has 2 aromatic heterocycles. The Morgan fingerprint density at radius 2 is 1.92 bits per heavy atom. The Balaban J connectivity index is 2.30. The lowest BCUT2D eigenvalue weighted by Crippen LogP contribution is -2.12. The maximum absolute atomic E-state index is 13.0. The highest BCUT2D eigenvalue weighted by atomic mass is 79.9. The number of rotatable bonds is 4. The van der Waals surface area contributed by atoms with Gasteiger partial charge in [0.25, 0.3) is 10.0 Å². The number of carbonyl (C=O) groups is 1. The van der Waals surface area contributed by atoms with E-state index in [0.29, 0.717) is 27.5 Å². The summed E-state index contributed by atoms with van der Waals surface area (Å²) in [7, 11) is -3.81. The van der Waals surface area contributed by atoms with Crippen LogP contribution in [0.25, 0.3) is 10.9 Å². The molecule has 0 spiro atoms. The number of ketones is 1. The number of hydrogen-bond donors (Lipinski definition) is 0. The fourth-order valence-electron chi connectivity index (χ4n) is 2.51. The Labute approximate surface area is 148 Å². The molecule has 0 amide bonds. The predicted molar refractivity (Wildman–Crippen MR) is 95.8 cm³/mol. The summed E-state index contributed by atoms with van der Waals surface area (Å²) in [5.41, 5.74) is 1.74. The van der Waals surface area contributed by atoms with Gasteiger partial charge in [0.15, 0.2) is 5.78 Å². The van der Waals surface area contributed by atoms with Crippen molar-refractivity contribution in [1.82, 2.24) is 8.96 Å². The van der Waals surface area contributed by atoms with Gasteiger partial charge in [-0.2, -0.15) is 0 Å². The summed E-state index contributed by atoms with van der Waals surface area (Å²) in [6.07, 6.45) is 3.14. The van der Waals surface area contributed by atoms with Gasteiger partial charge in [0.1, 0.15) is 4.60 Å². The molecule has 0 radical (unpaired) electrons. The largest absolute Gasteiger partial charge is 0.294 e. The molecule has 2 heterocycles. The molecule has 1 aromatic carbocycles. The number of hydrogen-bond acceptors (Lipinski definition) is 4. The third-order valence-electron chi connectivity index (χ3n) is 3.82. The number of fused-ring (bicyclic) bond motifs is 1. The van der Waals surface area contributed by atoms with E-state index in [4.69, 9.17) is 0 Å². The number of aryl methyl sites for hydroxylation is 1. The van der Waals surface area contributed by atoms with Gasteiger partial charge in [0.2, 0.25) is 0 Å². The minimum atomic E-state index is -3.81. The van der Waals surface area contributed by atoms with Gasteiger partial charge in [-0.15, -0.1) is 0 Å². The molecule has 0 fully saturated rings. The van der Waals surface area contributed by atoms with E-state index in [1.807, 2.05) is 6.92 Å². The first-order valence-electron chi connectivity index (χ1n) is 7.36. The van der Waals surface area contributed by atoms with E-state index in [9.17, 15) is 13.2 Å². The van der Waals surface area contributed by atoms with Crippen LogP contribution in [-0.2, 0) is 10.0 Å². The van der Waals surface area contributed by atoms with Crippen molar-refractivity contribution in [3.05, 3.63) is 58.5 Å². The van der Waals surface area contributed by atoms with Crippen LogP contribution in [0.5, 0.6) is 0 Å². The monoisotopic (exact) mass is 406 g/mol. The van der Waals surface area contributed by atoms with Crippen LogP contribution in [0.15, 0.2) is 52.2 Å². The Kier molecular flexibility index (Phi) is 4.31. The highest BCUT2D eigenvalue weighted by molar-refractivity contribution is 9.10.